The highest BCUT2D eigenvalue weighted by Gasteiger charge is 2.37. The summed E-state index contributed by atoms with van der Waals surface area (Å²) in [5, 5.41) is 3.07. The number of benzene rings is 1. The molecule has 2 saturated heterocycles. The predicted octanol–water partition coefficient (Wildman–Crippen LogP) is 1.42. The van der Waals surface area contributed by atoms with E-state index in [1.54, 1.807) is 21.3 Å². The van der Waals surface area contributed by atoms with Crippen LogP contribution in [-0.4, -0.2) is 51.3 Å². The van der Waals surface area contributed by atoms with E-state index in [0.717, 1.165) is 43.1 Å². The first-order valence-electron chi connectivity index (χ1n) is 7.95. The summed E-state index contributed by atoms with van der Waals surface area (Å²) in [5.74, 6) is 2.84. The molecule has 1 aromatic carbocycles. The number of methoxy groups -OCH3 is 3. The number of hydrogen-bond acceptors (Lipinski definition) is 5. The van der Waals surface area contributed by atoms with Crippen LogP contribution >= 0.6 is 0 Å². The number of nitrogens with one attached hydrogen (secondary N) is 1. The monoisotopic (exact) mass is 320 g/mol. The van der Waals surface area contributed by atoms with Crippen LogP contribution in [0.15, 0.2) is 12.1 Å². The molecule has 2 fully saturated rings. The highest BCUT2D eigenvalue weighted by molar-refractivity contribution is 5.79. The van der Waals surface area contributed by atoms with Gasteiger partial charge in [0, 0.05) is 50.1 Å². The minimum absolute atomic E-state index is 0.182. The van der Waals surface area contributed by atoms with Crippen molar-refractivity contribution in [1.82, 2.24) is 10.2 Å². The molecule has 0 spiro atoms. The van der Waals surface area contributed by atoms with Gasteiger partial charge in [0.05, 0.1) is 26.9 Å². The number of fused-ring (bicyclic) bond motifs is 1. The van der Waals surface area contributed by atoms with E-state index >= 15 is 0 Å². The number of piperidine rings is 1. The largest absolute Gasteiger partial charge is 0.496 e. The smallest absolute Gasteiger partial charge is 0.220 e. The van der Waals surface area contributed by atoms with Crippen molar-refractivity contribution < 1.29 is 19.0 Å². The van der Waals surface area contributed by atoms with Crippen LogP contribution in [0.4, 0.5) is 0 Å². The molecule has 6 heteroatoms. The molecule has 2 aliphatic rings. The molecule has 23 heavy (non-hydrogen) atoms. The second-order valence-corrected chi connectivity index (χ2v) is 6.17. The van der Waals surface area contributed by atoms with Crippen molar-refractivity contribution in [1.29, 1.82) is 0 Å². The third kappa shape index (κ3) is 3.22. The van der Waals surface area contributed by atoms with Gasteiger partial charge in [-0.1, -0.05) is 0 Å². The molecule has 6 nitrogen and oxygen atoms in total. The van der Waals surface area contributed by atoms with Gasteiger partial charge in [-0.15, -0.1) is 0 Å². The number of carbonyl (C=O) groups is 1. The summed E-state index contributed by atoms with van der Waals surface area (Å²) in [6.07, 6.45) is 1.63. The van der Waals surface area contributed by atoms with Crippen LogP contribution in [0.5, 0.6) is 17.2 Å². The van der Waals surface area contributed by atoms with Crippen LogP contribution in [0.2, 0.25) is 0 Å². The number of rotatable bonds is 5. The quantitative estimate of drug-likeness (QED) is 0.889. The Hall–Kier alpha value is -1.95. The third-order valence-corrected chi connectivity index (χ3v) is 4.81. The van der Waals surface area contributed by atoms with Gasteiger partial charge in [0.15, 0.2) is 0 Å². The molecule has 126 valence electrons. The van der Waals surface area contributed by atoms with Gasteiger partial charge >= 0.3 is 0 Å². The van der Waals surface area contributed by atoms with Gasteiger partial charge < -0.3 is 19.5 Å². The standard InChI is InChI=1S/C17H24N2O4/c1-21-12-7-15(22-2)13(16(8-12)23-3)10-19-5-4-14-11(9-19)6-17(20)18-14/h7-8,11,14H,4-6,9-10H2,1-3H3,(H,18,20)/t11-,14+/m1/s1. The molecular weight excluding hydrogens is 296 g/mol. The summed E-state index contributed by atoms with van der Waals surface area (Å²) in [6, 6.07) is 4.11. The molecule has 2 aliphatic heterocycles. The lowest BCUT2D eigenvalue weighted by atomic mass is 9.93. The SMILES string of the molecule is COc1cc(OC)c(CN2CC[C@@H]3NC(=O)C[C@@H]3C2)c(OC)c1. The highest BCUT2D eigenvalue weighted by atomic mass is 16.5. The number of nitrogens with zero attached hydrogens (tertiary/aromatic N) is 1. The summed E-state index contributed by atoms with van der Waals surface area (Å²) in [5.41, 5.74) is 1.02. The maximum atomic E-state index is 11.6. The maximum absolute atomic E-state index is 11.6. The Morgan fingerprint density at radius 2 is 1.87 bits per heavy atom. The first-order chi connectivity index (χ1) is 11.1. The van der Waals surface area contributed by atoms with Crippen molar-refractivity contribution >= 4 is 5.91 Å². The lowest BCUT2D eigenvalue weighted by molar-refractivity contribution is -0.119. The van der Waals surface area contributed by atoms with Crippen molar-refractivity contribution in [2.45, 2.75) is 25.4 Å². The normalized spacial score (nSPS) is 24.0. The Bertz CT molecular complexity index is 565. The van der Waals surface area contributed by atoms with E-state index in [1.165, 1.54) is 0 Å². The second-order valence-electron chi connectivity index (χ2n) is 6.17. The van der Waals surface area contributed by atoms with E-state index in [0.29, 0.717) is 24.1 Å². The van der Waals surface area contributed by atoms with Gasteiger partial charge in [-0.3, -0.25) is 9.69 Å². The summed E-state index contributed by atoms with van der Waals surface area (Å²) in [6.45, 7) is 2.62. The zero-order valence-corrected chi connectivity index (χ0v) is 13.9. The van der Waals surface area contributed by atoms with E-state index in [4.69, 9.17) is 14.2 Å². The minimum Gasteiger partial charge on any atom is -0.496 e. The van der Waals surface area contributed by atoms with Crippen LogP contribution < -0.4 is 19.5 Å². The Labute approximate surface area is 136 Å². The highest BCUT2D eigenvalue weighted by Crippen LogP contribution is 2.36. The lowest BCUT2D eigenvalue weighted by Crippen LogP contribution is -2.44. The molecule has 0 saturated carbocycles. The molecule has 0 unspecified atom stereocenters. The fourth-order valence-corrected chi connectivity index (χ4v) is 3.61. The van der Waals surface area contributed by atoms with E-state index < -0.39 is 0 Å². The van der Waals surface area contributed by atoms with Gasteiger partial charge in [0.25, 0.3) is 0 Å². The van der Waals surface area contributed by atoms with Gasteiger partial charge in [0.1, 0.15) is 17.2 Å². The maximum Gasteiger partial charge on any atom is 0.220 e. The van der Waals surface area contributed by atoms with E-state index in [9.17, 15) is 4.79 Å². The number of likely N-dealkylation sites (tertiary alicyclic amines) is 1. The summed E-state index contributed by atoms with van der Waals surface area (Å²) >= 11 is 0. The number of ether oxygens (including phenoxy) is 3. The molecule has 2 heterocycles. The Morgan fingerprint density at radius 3 is 2.48 bits per heavy atom. The van der Waals surface area contributed by atoms with Gasteiger partial charge in [-0.05, 0) is 6.42 Å². The predicted molar refractivity (Wildman–Crippen MR) is 86.0 cm³/mol. The van der Waals surface area contributed by atoms with E-state index in [-0.39, 0.29) is 5.91 Å². The molecule has 0 bridgehead atoms. The molecule has 0 aliphatic carbocycles. The minimum atomic E-state index is 0.182. The molecule has 1 N–H and O–H groups in total. The molecule has 0 radical (unpaired) electrons. The average Bonchev–Trinajstić information content (AvgIpc) is 2.94. The molecule has 2 atom stereocenters. The Morgan fingerprint density at radius 1 is 1.17 bits per heavy atom. The molecule has 1 aromatic rings. The number of amides is 1. The average molecular weight is 320 g/mol. The van der Waals surface area contributed by atoms with Crippen molar-refractivity contribution in [3.05, 3.63) is 17.7 Å². The van der Waals surface area contributed by atoms with Gasteiger partial charge in [-0.2, -0.15) is 0 Å². The van der Waals surface area contributed by atoms with Crippen molar-refractivity contribution in [2.24, 2.45) is 5.92 Å². The van der Waals surface area contributed by atoms with Crippen LogP contribution in [0.1, 0.15) is 18.4 Å². The van der Waals surface area contributed by atoms with E-state index in [2.05, 4.69) is 10.2 Å². The van der Waals surface area contributed by atoms with Gasteiger partial charge in [0.2, 0.25) is 5.91 Å². The number of carbonyl (C=O) groups excluding carboxylic acids is 1. The fraction of sp³-hybridized carbons (Fsp3) is 0.588. The summed E-state index contributed by atoms with van der Waals surface area (Å²) in [7, 11) is 4.94. The van der Waals surface area contributed by atoms with Crippen LogP contribution in [-0.2, 0) is 11.3 Å². The molecule has 0 aromatic heterocycles. The third-order valence-electron chi connectivity index (χ3n) is 4.81. The van der Waals surface area contributed by atoms with Crippen molar-refractivity contribution in [2.75, 3.05) is 34.4 Å². The van der Waals surface area contributed by atoms with Crippen molar-refractivity contribution in [3.8, 4) is 17.2 Å². The molecular formula is C17H24N2O4. The second kappa shape index (κ2) is 6.66. The van der Waals surface area contributed by atoms with Crippen molar-refractivity contribution in [3.63, 3.8) is 0 Å². The fourth-order valence-electron chi connectivity index (χ4n) is 3.61. The topological polar surface area (TPSA) is 60.0 Å². The lowest BCUT2D eigenvalue weighted by Gasteiger charge is -2.34. The van der Waals surface area contributed by atoms with E-state index in [1.807, 2.05) is 12.1 Å². The zero-order chi connectivity index (χ0) is 16.4. The summed E-state index contributed by atoms with van der Waals surface area (Å²) in [4.78, 5) is 13.9. The summed E-state index contributed by atoms with van der Waals surface area (Å²) < 4.78 is 16.3. The Balaban J connectivity index is 1.78. The van der Waals surface area contributed by atoms with Crippen LogP contribution in [0.25, 0.3) is 0 Å². The van der Waals surface area contributed by atoms with Gasteiger partial charge in [-0.25, -0.2) is 0 Å². The van der Waals surface area contributed by atoms with Crippen LogP contribution in [0, 0.1) is 5.92 Å². The Kier molecular flexibility index (Phi) is 4.61. The molecule has 3 rings (SSSR count). The van der Waals surface area contributed by atoms with Crippen LogP contribution in [0.3, 0.4) is 0 Å². The number of hydrogen-bond donors (Lipinski definition) is 1. The first kappa shape index (κ1) is 15.9. The molecule has 1 amide bonds. The zero-order valence-electron chi connectivity index (χ0n) is 13.9. The first-order valence-corrected chi connectivity index (χ1v) is 7.95.